The van der Waals surface area contributed by atoms with Crippen LogP contribution in [0.4, 0.5) is 0 Å². The van der Waals surface area contributed by atoms with E-state index in [0.717, 1.165) is 50.5 Å². The minimum Gasteiger partial charge on any atom is -0.464 e. The first kappa shape index (κ1) is 13.4. The monoisotopic (exact) mass is 248 g/mol. The van der Waals surface area contributed by atoms with Gasteiger partial charge >= 0.3 is 0 Å². The van der Waals surface area contributed by atoms with Gasteiger partial charge in [-0.05, 0) is 38.3 Å². The summed E-state index contributed by atoms with van der Waals surface area (Å²) < 4.78 is 5.93. The van der Waals surface area contributed by atoms with Gasteiger partial charge in [0.2, 0.25) is 0 Å². The van der Waals surface area contributed by atoms with Crippen molar-refractivity contribution in [1.29, 1.82) is 0 Å². The van der Waals surface area contributed by atoms with Crippen LogP contribution < -0.4 is 5.32 Å². The number of nitrogens with one attached hydrogen (secondary N) is 1. The summed E-state index contributed by atoms with van der Waals surface area (Å²) in [7, 11) is 0. The number of rotatable bonds is 5. The Morgan fingerprint density at radius 1 is 1.44 bits per heavy atom. The SMILES string of the molecule is C=CCC[C@H](c1cc(C)c(C)o1)N1CCNCC1. The topological polar surface area (TPSA) is 28.4 Å². The molecule has 18 heavy (non-hydrogen) atoms. The van der Waals surface area contributed by atoms with Crippen LogP contribution >= 0.6 is 0 Å². The van der Waals surface area contributed by atoms with Crippen LogP contribution in [0.25, 0.3) is 0 Å². The molecule has 1 aromatic heterocycles. The van der Waals surface area contributed by atoms with Gasteiger partial charge < -0.3 is 9.73 Å². The Morgan fingerprint density at radius 2 is 2.17 bits per heavy atom. The number of allylic oxidation sites excluding steroid dienone is 1. The normalized spacial score (nSPS) is 18.8. The van der Waals surface area contributed by atoms with Gasteiger partial charge in [-0.25, -0.2) is 0 Å². The van der Waals surface area contributed by atoms with Crippen molar-refractivity contribution in [3.05, 3.63) is 35.8 Å². The number of piperazine rings is 1. The molecule has 100 valence electrons. The second kappa shape index (κ2) is 6.21. The van der Waals surface area contributed by atoms with Crippen LogP contribution in [-0.4, -0.2) is 31.1 Å². The first-order chi connectivity index (χ1) is 8.72. The highest BCUT2D eigenvalue weighted by Crippen LogP contribution is 2.29. The van der Waals surface area contributed by atoms with E-state index < -0.39 is 0 Å². The van der Waals surface area contributed by atoms with E-state index in [4.69, 9.17) is 4.42 Å². The summed E-state index contributed by atoms with van der Waals surface area (Å²) in [6.07, 6.45) is 4.13. The van der Waals surface area contributed by atoms with Gasteiger partial charge in [-0.3, -0.25) is 4.90 Å². The Bertz CT molecular complexity index is 372. The molecular weight excluding hydrogens is 224 g/mol. The largest absolute Gasteiger partial charge is 0.464 e. The summed E-state index contributed by atoms with van der Waals surface area (Å²) in [5, 5.41) is 3.40. The van der Waals surface area contributed by atoms with Gasteiger partial charge in [0.15, 0.2) is 0 Å². The van der Waals surface area contributed by atoms with Gasteiger partial charge in [0.1, 0.15) is 11.5 Å². The van der Waals surface area contributed by atoms with Gasteiger partial charge in [-0.15, -0.1) is 6.58 Å². The summed E-state index contributed by atoms with van der Waals surface area (Å²) in [4.78, 5) is 2.53. The van der Waals surface area contributed by atoms with Crippen molar-refractivity contribution in [3.63, 3.8) is 0 Å². The van der Waals surface area contributed by atoms with Crippen LogP contribution in [0.2, 0.25) is 0 Å². The number of hydrogen-bond acceptors (Lipinski definition) is 3. The molecule has 1 aromatic rings. The van der Waals surface area contributed by atoms with Crippen molar-refractivity contribution in [2.24, 2.45) is 0 Å². The van der Waals surface area contributed by atoms with E-state index in [2.05, 4.69) is 29.8 Å². The van der Waals surface area contributed by atoms with Crippen molar-refractivity contribution >= 4 is 0 Å². The molecule has 1 N–H and O–H groups in total. The molecular formula is C15H24N2O. The Hall–Kier alpha value is -1.06. The van der Waals surface area contributed by atoms with Crippen LogP contribution in [0.1, 0.15) is 36.0 Å². The standard InChI is InChI=1S/C15H24N2O/c1-4-5-6-14(17-9-7-16-8-10-17)15-11-12(2)13(3)18-15/h4,11,14,16H,1,5-10H2,2-3H3/t14-/m1/s1. The summed E-state index contributed by atoms with van der Waals surface area (Å²) in [5.41, 5.74) is 1.25. The average Bonchev–Trinajstić information content (AvgIpc) is 2.71. The van der Waals surface area contributed by atoms with E-state index >= 15 is 0 Å². The predicted octanol–water partition coefficient (Wildman–Crippen LogP) is 2.81. The van der Waals surface area contributed by atoms with E-state index in [0.29, 0.717) is 6.04 Å². The molecule has 3 nitrogen and oxygen atoms in total. The number of furan rings is 1. The third-order valence-corrected chi connectivity index (χ3v) is 3.75. The van der Waals surface area contributed by atoms with E-state index in [1.165, 1.54) is 5.56 Å². The van der Waals surface area contributed by atoms with Gasteiger partial charge in [-0.1, -0.05) is 6.08 Å². The van der Waals surface area contributed by atoms with Crippen molar-refractivity contribution in [2.45, 2.75) is 32.7 Å². The zero-order valence-electron chi connectivity index (χ0n) is 11.5. The third-order valence-electron chi connectivity index (χ3n) is 3.75. The first-order valence-electron chi connectivity index (χ1n) is 6.85. The molecule has 1 aliphatic rings. The highest BCUT2D eigenvalue weighted by Gasteiger charge is 2.24. The summed E-state index contributed by atoms with van der Waals surface area (Å²) in [5.74, 6) is 2.16. The molecule has 0 unspecified atom stereocenters. The molecule has 0 bridgehead atoms. The minimum atomic E-state index is 0.400. The molecule has 0 spiro atoms. The lowest BCUT2D eigenvalue weighted by Gasteiger charge is -2.33. The van der Waals surface area contributed by atoms with Crippen LogP contribution in [0.5, 0.6) is 0 Å². The van der Waals surface area contributed by atoms with Crippen LogP contribution in [0.15, 0.2) is 23.1 Å². The quantitative estimate of drug-likeness (QED) is 0.812. The molecule has 1 aliphatic heterocycles. The van der Waals surface area contributed by atoms with Gasteiger partial charge in [0.25, 0.3) is 0 Å². The number of hydrogen-bond donors (Lipinski definition) is 1. The van der Waals surface area contributed by atoms with Crippen LogP contribution in [0, 0.1) is 13.8 Å². The predicted molar refractivity (Wildman–Crippen MR) is 74.8 cm³/mol. The van der Waals surface area contributed by atoms with E-state index in [1.807, 2.05) is 13.0 Å². The highest BCUT2D eigenvalue weighted by molar-refractivity contribution is 5.21. The van der Waals surface area contributed by atoms with E-state index in [1.54, 1.807) is 0 Å². The fraction of sp³-hybridized carbons (Fsp3) is 0.600. The molecule has 2 heterocycles. The average molecular weight is 248 g/mol. The van der Waals surface area contributed by atoms with E-state index in [-0.39, 0.29) is 0 Å². The Morgan fingerprint density at radius 3 is 2.72 bits per heavy atom. The van der Waals surface area contributed by atoms with Gasteiger partial charge in [-0.2, -0.15) is 0 Å². The lowest BCUT2D eigenvalue weighted by atomic mass is 10.1. The molecule has 2 rings (SSSR count). The fourth-order valence-electron chi connectivity index (χ4n) is 2.54. The molecule has 0 amide bonds. The molecule has 3 heteroatoms. The van der Waals surface area contributed by atoms with Gasteiger partial charge in [0.05, 0.1) is 6.04 Å². The first-order valence-corrected chi connectivity index (χ1v) is 6.85. The van der Waals surface area contributed by atoms with Crippen molar-refractivity contribution in [1.82, 2.24) is 10.2 Å². The summed E-state index contributed by atoms with van der Waals surface area (Å²) in [6.45, 7) is 12.3. The van der Waals surface area contributed by atoms with Crippen molar-refractivity contribution in [2.75, 3.05) is 26.2 Å². The molecule has 0 radical (unpaired) electrons. The Balaban J connectivity index is 2.14. The highest BCUT2D eigenvalue weighted by atomic mass is 16.3. The molecule has 1 fully saturated rings. The zero-order chi connectivity index (χ0) is 13.0. The maximum atomic E-state index is 5.93. The van der Waals surface area contributed by atoms with Crippen LogP contribution in [0.3, 0.4) is 0 Å². The van der Waals surface area contributed by atoms with Gasteiger partial charge in [0, 0.05) is 26.2 Å². The second-order valence-corrected chi connectivity index (χ2v) is 5.06. The number of aryl methyl sites for hydroxylation is 2. The maximum Gasteiger partial charge on any atom is 0.121 e. The smallest absolute Gasteiger partial charge is 0.121 e. The van der Waals surface area contributed by atoms with Crippen molar-refractivity contribution in [3.8, 4) is 0 Å². The molecule has 1 atom stereocenters. The fourth-order valence-corrected chi connectivity index (χ4v) is 2.54. The third kappa shape index (κ3) is 3.03. The Labute approximate surface area is 110 Å². The van der Waals surface area contributed by atoms with Crippen LogP contribution in [-0.2, 0) is 0 Å². The van der Waals surface area contributed by atoms with Crippen molar-refractivity contribution < 1.29 is 4.42 Å². The molecule has 0 aliphatic carbocycles. The summed E-state index contributed by atoms with van der Waals surface area (Å²) >= 11 is 0. The lowest BCUT2D eigenvalue weighted by Crippen LogP contribution is -2.45. The zero-order valence-corrected chi connectivity index (χ0v) is 11.5. The molecule has 0 saturated carbocycles. The maximum absolute atomic E-state index is 5.93. The second-order valence-electron chi connectivity index (χ2n) is 5.06. The number of nitrogens with zero attached hydrogens (tertiary/aromatic N) is 1. The lowest BCUT2D eigenvalue weighted by molar-refractivity contribution is 0.146. The Kier molecular flexibility index (Phi) is 4.61. The molecule has 0 aromatic carbocycles. The summed E-state index contributed by atoms with van der Waals surface area (Å²) in [6, 6.07) is 2.60. The van der Waals surface area contributed by atoms with E-state index in [9.17, 15) is 0 Å². The minimum absolute atomic E-state index is 0.400. The molecule has 1 saturated heterocycles.